The van der Waals surface area contributed by atoms with Crippen molar-refractivity contribution in [1.82, 2.24) is 9.78 Å². The molecule has 0 radical (unpaired) electrons. The summed E-state index contributed by atoms with van der Waals surface area (Å²) < 4.78 is 1.15. The average Bonchev–Trinajstić information content (AvgIpc) is 2.82. The molecule has 1 N–H and O–H groups in total. The van der Waals surface area contributed by atoms with Gasteiger partial charge in [0.2, 0.25) is 5.91 Å². The Labute approximate surface area is 134 Å². The van der Waals surface area contributed by atoms with E-state index in [-0.39, 0.29) is 28.8 Å². The quantitative estimate of drug-likeness (QED) is 0.656. The zero-order valence-electron chi connectivity index (χ0n) is 11.7. The number of carbonyl (C=O) groups excluding carboxylic acids is 1. The number of anilines is 1. The third-order valence-corrected chi connectivity index (χ3v) is 3.21. The summed E-state index contributed by atoms with van der Waals surface area (Å²) in [5, 5.41) is 27.6. The van der Waals surface area contributed by atoms with Gasteiger partial charge in [0.15, 0.2) is 0 Å². The second-order valence-electron chi connectivity index (χ2n) is 4.53. The number of carbonyl (C=O) groups is 1. The van der Waals surface area contributed by atoms with E-state index in [4.69, 9.17) is 11.6 Å². The van der Waals surface area contributed by atoms with Crippen molar-refractivity contribution in [2.24, 2.45) is 0 Å². The zero-order valence-corrected chi connectivity index (χ0v) is 12.5. The molecule has 0 bridgehead atoms. The Hall–Kier alpha value is -3.01. The number of nitrogens with zero attached hydrogens (tertiary/aromatic N) is 4. The van der Waals surface area contributed by atoms with Crippen LogP contribution in [0.25, 0.3) is 0 Å². The Bertz CT molecular complexity index is 803. The predicted octanol–water partition coefficient (Wildman–Crippen LogP) is 2.30. The number of aromatic nitrogens is 2. The first-order chi connectivity index (χ1) is 10.8. The smallest absolute Gasteiger partial charge is 0.358 e. The molecular formula is C12H10ClN5O5. The molecule has 0 atom stereocenters. The number of non-ortho nitro benzene ring substituents is 1. The summed E-state index contributed by atoms with van der Waals surface area (Å²) >= 11 is 5.88. The molecule has 1 amide bonds. The van der Waals surface area contributed by atoms with Crippen molar-refractivity contribution in [2.75, 3.05) is 5.32 Å². The molecule has 2 rings (SSSR count). The van der Waals surface area contributed by atoms with E-state index in [0.29, 0.717) is 5.69 Å². The first-order valence-corrected chi connectivity index (χ1v) is 6.58. The molecule has 0 unspecified atom stereocenters. The molecule has 1 heterocycles. The molecule has 0 aliphatic heterocycles. The molecule has 23 heavy (non-hydrogen) atoms. The van der Waals surface area contributed by atoms with E-state index >= 15 is 0 Å². The van der Waals surface area contributed by atoms with Crippen LogP contribution < -0.4 is 5.32 Å². The Kier molecular flexibility index (Phi) is 4.55. The Balaban J connectivity index is 2.15. The molecule has 0 aliphatic rings. The summed E-state index contributed by atoms with van der Waals surface area (Å²) in [5.41, 5.74) is 0.276. The van der Waals surface area contributed by atoms with Gasteiger partial charge in [0, 0.05) is 12.1 Å². The monoisotopic (exact) mass is 339 g/mol. The van der Waals surface area contributed by atoms with Gasteiger partial charge in [-0.25, -0.2) is 0 Å². The van der Waals surface area contributed by atoms with Gasteiger partial charge in [0.05, 0.1) is 32.5 Å². The van der Waals surface area contributed by atoms with Gasteiger partial charge in [-0.05, 0) is 17.9 Å². The number of nitro benzene ring substituents is 1. The standard InChI is InChI=1S/C12H10ClN5O5/c1-7-4-11(18(22)23)15-16(7)6-12(19)14-10-5-8(17(20)21)2-3-9(10)13/h2-5H,6H2,1H3,(H,14,19). The van der Waals surface area contributed by atoms with E-state index in [2.05, 4.69) is 10.4 Å². The van der Waals surface area contributed by atoms with E-state index in [0.717, 1.165) is 10.7 Å². The highest BCUT2D eigenvalue weighted by Crippen LogP contribution is 2.26. The second-order valence-corrected chi connectivity index (χ2v) is 4.94. The molecule has 0 aliphatic carbocycles. The van der Waals surface area contributed by atoms with Crippen LogP contribution in [0.3, 0.4) is 0 Å². The number of nitro groups is 2. The lowest BCUT2D eigenvalue weighted by Gasteiger charge is -2.06. The van der Waals surface area contributed by atoms with Crippen molar-refractivity contribution in [3.05, 3.63) is 55.2 Å². The number of nitrogens with one attached hydrogen (secondary N) is 1. The summed E-state index contributed by atoms with van der Waals surface area (Å²) in [4.78, 5) is 32.1. The summed E-state index contributed by atoms with van der Waals surface area (Å²) in [6, 6.07) is 4.85. The summed E-state index contributed by atoms with van der Waals surface area (Å²) in [6.07, 6.45) is 0. The second kappa shape index (κ2) is 6.40. The van der Waals surface area contributed by atoms with Gasteiger partial charge >= 0.3 is 5.82 Å². The van der Waals surface area contributed by atoms with Gasteiger partial charge < -0.3 is 15.4 Å². The molecule has 1 aromatic heterocycles. The van der Waals surface area contributed by atoms with Crippen LogP contribution in [0.4, 0.5) is 17.2 Å². The fraction of sp³-hybridized carbons (Fsp3) is 0.167. The van der Waals surface area contributed by atoms with Crippen molar-refractivity contribution in [2.45, 2.75) is 13.5 Å². The first-order valence-electron chi connectivity index (χ1n) is 6.20. The maximum absolute atomic E-state index is 12.0. The third-order valence-electron chi connectivity index (χ3n) is 2.88. The Morgan fingerprint density at radius 1 is 1.30 bits per heavy atom. The first kappa shape index (κ1) is 16.4. The number of rotatable bonds is 5. The van der Waals surface area contributed by atoms with Crippen LogP contribution in [0.2, 0.25) is 5.02 Å². The highest BCUT2D eigenvalue weighted by Gasteiger charge is 2.18. The number of amides is 1. The Morgan fingerprint density at radius 2 is 2.00 bits per heavy atom. The van der Waals surface area contributed by atoms with E-state index in [1.165, 1.54) is 18.2 Å². The SMILES string of the molecule is Cc1cc([N+](=O)[O-])nn1CC(=O)Nc1cc([N+](=O)[O-])ccc1Cl. The van der Waals surface area contributed by atoms with Crippen LogP contribution in [-0.2, 0) is 11.3 Å². The van der Waals surface area contributed by atoms with Gasteiger partial charge in [-0.15, -0.1) is 0 Å². The minimum Gasteiger partial charge on any atom is -0.358 e. The highest BCUT2D eigenvalue weighted by molar-refractivity contribution is 6.33. The lowest BCUT2D eigenvalue weighted by Crippen LogP contribution is -2.20. The number of aryl methyl sites for hydroxylation is 1. The maximum Gasteiger partial charge on any atom is 0.390 e. The molecule has 0 saturated carbocycles. The van der Waals surface area contributed by atoms with E-state index < -0.39 is 15.8 Å². The molecular weight excluding hydrogens is 330 g/mol. The summed E-state index contributed by atoms with van der Waals surface area (Å²) in [6.45, 7) is 1.27. The summed E-state index contributed by atoms with van der Waals surface area (Å²) in [7, 11) is 0. The van der Waals surface area contributed by atoms with Crippen LogP contribution in [0, 0.1) is 27.2 Å². The van der Waals surface area contributed by atoms with Crippen molar-refractivity contribution in [3.8, 4) is 0 Å². The molecule has 120 valence electrons. The van der Waals surface area contributed by atoms with E-state index in [1.807, 2.05) is 0 Å². The normalized spacial score (nSPS) is 10.3. The predicted molar refractivity (Wildman–Crippen MR) is 80.4 cm³/mol. The van der Waals surface area contributed by atoms with E-state index in [9.17, 15) is 25.0 Å². The summed E-state index contributed by atoms with van der Waals surface area (Å²) in [5.74, 6) is -0.947. The van der Waals surface area contributed by atoms with Gasteiger partial charge in [0.1, 0.15) is 6.54 Å². The minimum atomic E-state index is -0.668. The van der Waals surface area contributed by atoms with Crippen LogP contribution in [0.1, 0.15) is 5.69 Å². The minimum absolute atomic E-state index is 0.0742. The highest BCUT2D eigenvalue weighted by atomic mass is 35.5. The van der Waals surface area contributed by atoms with Gasteiger partial charge in [-0.1, -0.05) is 11.6 Å². The number of hydrogen-bond donors (Lipinski definition) is 1. The molecule has 0 saturated heterocycles. The lowest BCUT2D eigenvalue weighted by molar-refractivity contribution is -0.389. The van der Waals surface area contributed by atoms with Crippen molar-refractivity contribution in [1.29, 1.82) is 0 Å². The lowest BCUT2D eigenvalue weighted by atomic mass is 10.2. The number of benzene rings is 1. The van der Waals surface area contributed by atoms with Gasteiger partial charge in [0.25, 0.3) is 5.69 Å². The molecule has 2 aromatic rings. The molecule has 0 fully saturated rings. The van der Waals surface area contributed by atoms with Crippen molar-refractivity contribution in [3.63, 3.8) is 0 Å². The fourth-order valence-corrected chi connectivity index (χ4v) is 1.96. The maximum atomic E-state index is 12.0. The van der Waals surface area contributed by atoms with Gasteiger partial charge in [-0.3, -0.25) is 14.9 Å². The van der Waals surface area contributed by atoms with Crippen LogP contribution in [0.5, 0.6) is 0 Å². The number of hydrogen-bond acceptors (Lipinski definition) is 6. The Morgan fingerprint density at radius 3 is 2.57 bits per heavy atom. The van der Waals surface area contributed by atoms with Gasteiger partial charge in [-0.2, -0.15) is 4.68 Å². The zero-order chi connectivity index (χ0) is 17.1. The van der Waals surface area contributed by atoms with E-state index in [1.54, 1.807) is 6.92 Å². The fourth-order valence-electron chi connectivity index (χ4n) is 1.79. The van der Waals surface area contributed by atoms with Crippen molar-refractivity contribution < 1.29 is 14.6 Å². The number of halogens is 1. The third kappa shape index (κ3) is 3.80. The van der Waals surface area contributed by atoms with Crippen LogP contribution >= 0.6 is 11.6 Å². The molecule has 10 nitrogen and oxygen atoms in total. The molecule has 11 heteroatoms. The molecule has 1 aromatic carbocycles. The molecule has 0 spiro atoms. The van der Waals surface area contributed by atoms with Crippen LogP contribution in [-0.4, -0.2) is 25.5 Å². The van der Waals surface area contributed by atoms with Crippen molar-refractivity contribution >= 4 is 34.7 Å². The average molecular weight is 340 g/mol. The topological polar surface area (TPSA) is 133 Å². The van der Waals surface area contributed by atoms with Crippen LogP contribution in [0.15, 0.2) is 24.3 Å². The largest absolute Gasteiger partial charge is 0.390 e.